The van der Waals surface area contributed by atoms with Crippen LogP contribution in [0.3, 0.4) is 0 Å². The van der Waals surface area contributed by atoms with Crippen LogP contribution in [0.5, 0.6) is 11.5 Å². The first-order chi connectivity index (χ1) is 12.2. The molecule has 0 spiro atoms. The lowest BCUT2D eigenvalue weighted by molar-refractivity contribution is 0.254. The van der Waals surface area contributed by atoms with E-state index in [0.29, 0.717) is 6.54 Å². The second kappa shape index (κ2) is 10.0. The summed E-state index contributed by atoms with van der Waals surface area (Å²) in [4.78, 5) is 5.98. The molecule has 1 aromatic carbocycles. The second-order valence-corrected chi connectivity index (χ2v) is 7.06. The number of methoxy groups -OCH3 is 1. The second-order valence-electron chi connectivity index (χ2n) is 6.03. The summed E-state index contributed by atoms with van der Waals surface area (Å²) in [6, 6.07) is 8.31. The maximum absolute atomic E-state index is 5.86. The molecule has 1 aliphatic heterocycles. The molecule has 0 saturated carbocycles. The van der Waals surface area contributed by atoms with Gasteiger partial charge in [-0.15, -0.1) is 35.3 Å². The first kappa shape index (κ1) is 20.8. The SMILES string of the molecule is CCNC(=NCc1cc2c(cc1OC)CC(C)O2)NCc1cccs1.I. The van der Waals surface area contributed by atoms with Gasteiger partial charge >= 0.3 is 0 Å². The van der Waals surface area contributed by atoms with E-state index in [9.17, 15) is 0 Å². The van der Waals surface area contributed by atoms with E-state index in [2.05, 4.69) is 54.1 Å². The Kier molecular flexibility index (Phi) is 8.02. The summed E-state index contributed by atoms with van der Waals surface area (Å²) >= 11 is 1.74. The third kappa shape index (κ3) is 5.26. The maximum Gasteiger partial charge on any atom is 0.191 e. The number of halogens is 1. The summed E-state index contributed by atoms with van der Waals surface area (Å²) in [6.45, 7) is 6.27. The van der Waals surface area contributed by atoms with Crippen LogP contribution >= 0.6 is 35.3 Å². The summed E-state index contributed by atoms with van der Waals surface area (Å²) in [5.74, 6) is 2.62. The van der Waals surface area contributed by atoms with E-state index < -0.39 is 0 Å². The Hall–Kier alpha value is -1.48. The Morgan fingerprint density at radius 1 is 1.38 bits per heavy atom. The average molecular weight is 487 g/mol. The molecule has 7 heteroatoms. The molecular formula is C19H26IN3O2S. The van der Waals surface area contributed by atoms with Crippen molar-refractivity contribution in [3.63, 3.8) is 0 Å². The first-order valence-electron chi connectivity index (χ1n) is 8.60. The molecule has 2 aromatic rings. The number of aliphatic imine (C=N–C) groups is 1. The number of hydrogen-bond acceptors (Lipinski definition) is 4. The smallest absolute Gasteiger partial charge is 0.191 e. The predicted octanol–water partition coefficient (Wildman–Crippen LogP) is 3.95. The molecule has 2 heterocycles. The molecule has 2 N–H and O–H groups in total. The monoisotopic (exact) mass is 487 g/mol. The summed E-state index contributed by atoms with van der Waals surface area (Å²) in [5.41, 5.74) is 2.24. The van der Waals surface area contributed by atoms with Crippen molar-refractivity contribution in [3.05, 3.63) is 45.6 Å². The van der Waals surface area contributed by atoms with Gasteiger partial charge in [0, 0.05) is 29.0 Å². The number of ether oxygens (including phenoxy) is 2. The van der Waals surface area contributed by atoms with Gasteiger partial charge in [-0.1, -0.05) is 6.07 Å². The van der Waals surface area contributed by atoms with Crippen molar-refractivity contribution in [2.24, 2.45) is 4.99 Å². The molecule has 5 nitrogen and oxygen atoms in total. The van der Waals surface area contributed by atoms with Gasteiger partial charge < -0.3 is 20.1 Å². The normalized spacial score (nSPS) is 15.7. The highest BCUT2D eigenvalue weighted by Crippen LogP contribution is 2.35. The topological polar surface area (TPSA) is 54.9 Å². The number of nitrogens with one attached hydrogen (secondary N) is 2. The van der Waals surface area contributed by atoms with Crippen molar-refractivity contribution >= 4 is 41.3 Å². The summed E-state index contributed by atoms with van der Waals surface area (Å²) < 4.78 is 11.4. The van der Waals surface area contributed by atoms with Gasteiger partial charge in [0.15, 0.2) is 5.96 Å². The minimum absolute atomic E-state index is 0. The molecule has 1 aliphatic rings. The fourth-order valence-corrected chi connectivity index (χ4v) is 3.53. The Labute approximate surface area is 176 Å². The van der Waals surface area contributed by atoms with Crippen LogP contribution in [0.2, 0.25) is 0 Å². The molecule has 0 amide bonds. The van der Waals surface area contributed by atoms with Gasteiger partial charge in [-0.25, -0.2) is 4.99 Å². The van der Waals surface area contributed by atoms with Crippen molar-refractivity contribution < 1.29 is 9.47 Å². The van der Waals surface area contributed by atoms with Crippen molar-refractivity contribution in [1.29, 1.82) is 0 Å². The number of thiophene rings is 1. The minimum atomic E-state index is 0. The Morgan fingerprint density at radius 3 is 2.92 bits per heavy atom. The zero-order valence-electron chi connectivity index (χ0n) is 15.4. The van der Waals surface area contributed by atoms with Crippen LogP contribution in [-0.4, -0.2) is 25.7 Å². The van der Waals surface area contributed by atoms with Crippen LogP contribution < -0.4 is 20.1 Å². The van der Waals surface area contributed by atoms with Gasteiger partial charge in [-0.3, -0.25) is 0 Å². The third-order valence-corrected chi connectivity index (χ3v) is 4.94. The summed E-state index contributed by atoms with van der Waals surface area (Å²) in [5, 5.41) is 8.73. The maximum atomic E-state index is 5.86. The molecule has 0 saturated heterocycles. The van der Waals surface area contributed by atoms with E-state index in [0.717, 1.165) is 42.5 Å². The van der Waals surface area contributed by atoms with Crippen molar-refractivity contribution in [1.82, 2.24) is 10.6 Å². The van der Waals surface area contributed by atoms with Gasteiger partial charge in [0.2, 0.25) is 0 Å². The minimum Gasteiger partial charge on any atom is -0.496 e. The van der Waals surface area contributed by atoms with Crippen LogP contribution in [0.4, 0.5) is 0 Å². The quantitative estimate of drug-likeness (QED) is 0.368. The highest BCUT2D eigenvalue weighted by atomic mass is 127. The van der Waals surface area contributed by atoms with Crippen LogP contribution in [0.15, 0.2) is 34.6 Å². The number of benzene rings is 1. The number of nitrogens with zero attached hydrogens (tertiary/aromatic N) is 1. The third-order valence-electron chi connectivity index (χ3n) is 4.06. The lowest BCUT2D eigenvalue weighted by Crippen LogP contribution is -2.36. The number of hydrogen-bond donors (Lipinski definition) is 2. The fraction of sp³-hybridized carbons (Fsp3) is 0.421. The lowest BCUT2D eigenvalue weighted by atomic mass is 10.1. The van der Waals surface area contributed by atoms with Crippen molar-refractivity contribution in [3.8, 4) is 11.5 Å². The van der Waals surface area contributed by atoms with Gasteiger partial charge in [-0.2, -0.15) is 0 Å². The Morgan fingerprint density at radius 2 is 2.23 bits per heavy atom. The van der Waals surface area contributed by atoms with Gasteiger partial charge in [0.05, 0.1) is 20.2 Å². The first-order valence-corrected chi connectivity index (χ1v) is 9.48. The van der Waals surface area contributed by atoms with Gasteiger partial charge in [0.25, 0.3) is 0 Å². The molecule has 142 valence electrons. The van der Waals surface area contributed by atoms with Crippen molar-refractivity contribution in [2.75, 3.05) is 13.7 Å². The highest BCUT2D eigenvalue weighted by Gasteiger charge is 2.21. The van der Waals surface area contributed by atoms with E-state index in [1.807, 2.05) is 0 Å². The molecule has 0 aliphatic carbocycles. The van der Waals surface area contributed by atoms with Crippen LogP contribution in [-0.2, 0) is 19.5 Å². The molecule has 1 atom stereocenters. The van der Waals surface area contributed by atoms with Crippen LogP contribution in [0.25, 0.3) is 0 Å². The molecule has 1 unspecified atom stereocenters. The molecular weight excluding hydrogens is 461 g/mol. The van der Waals surface area contributed by atoms with Crippen LogP contribution in [0.1, 0.15) is 29.9 Å². The van der Waals surface area contributed by atoms with E-state index in [1.54, 1.807) is 18.4 Å². The van der Waals surface area contributed by atoms with Crippen molar-refractivity contribution in [2.45, 2.75) is 39.5 Å². The van der Waals surface area contributed by atoms with E-state index >= 15 is 0 Å². The summed E-state index contributed by atoms with van der Waals surface area (Å²) in [6.07, 6.45) is 1.16. The Bertz CT molecular complexity index is 735. The number of fused-ring (bicyclic) bond motifs is 1. The molecule has 3 rings (SSSR count). The average Bonchev–Trinajstić information content (AvgIpc) is 3.24. The largest absolute Gasteiger partial charge is 0.496 e. The standard InChI is InChI=1S/C19H25N3O2S.HI/c1-4-20-19(22-12-16-6-5-7-25-16)21-11-15-10-18-14(8-13(2)24-18)9-17(15)23-3;/h5-7,9-10,13H,4,8,11-12H2,1-3H3,(H2,20,21,22);1H. The zero-order chi connectivity index (χ0) is 17.6. The lowest BCUT2D eigenvalue weighted by Gasteiger charge is -2.12. The number of rotatable bonds is 6. The molecule has 0 fully saturated rings. The number of guanidine groups is 1. The van der Waals surface area contributed by atoms with E-state index in [4.69, 9.17) is 14.5 Å². The van der Waals surface area contributed by atoms with Crippen LogP contribution in [0, 0.1) is 0 Å². The fourth-order valence-electron chi connectivity index (χ4n) is 2.89. The Balaban J connectivity index is 0.00000243. The van der Waals surface area contributed by atoms with Gasteiger partial charge in [0.1, 0.15) is 17.6 Å². The summed E-state index contributed by atoms with van der Waals surface area (Å²) in [7, 11) is 1.70. The highest BCUT2D eigenvalue weighted by molar-refractivity contribution is 14.0. The molecule has 26 heavy (non-hydrogen) atoms. The zero-order valence-corrected chi connectivity index (χ0v) is 18.5. The molecule has 1 aromatic heterocycles. The molecule has 0 radical (unpaired) electrons. The van der Waals surface area contributed by atoms with E-state index in [1.165, 1.54) is 10.4 Å². The predicted molar refractivity (Wildman–Crippen MR) is 118 cm³/mol. The molecule has 0 bridgehead atoms. The van der Waals surface area contributed by atoms with E-state index in [-0.39, 0.29) is 30.1 Å². The van der Waals surface area contributed by atoms with Gasteiger partial charge in [-0.05, 0) is 37.4 Å².